The van der Waals surface area contributed by atoms with E-state index in [0.29, 0.717) is 17.5 Å². The third kappa shape index (κ3) is 5.38. The second-order valence-electron chi connectivity index (χ2n) is 12.7. The minimum atomic E-state index is 0.568. The van der Waals surface area contributed by atoms with Gasteiger partial charge in [-0.1, -0.05) is 158 Å². The molecule has 0 saturated heterocycles. The smallest absolute Gasteiger partial charge is 0.165 e. The van der Waals surface area contributed by atoms with E-state index >= 15 is 0 Å². The van der Waals surface area contributed by atoms with Crippen molar-refractivity contribution in [2.45, 2.75) is 6.92 Å². The molecule has 2 aromatic heterocycles. The highest BCUT2D eigenvalue weighted by molar-refractivity contribution is 6.12. The molecule has 0 aliphatic heterocycles. The molecule has 0 bridgehead atoms. The van der Waals surface area contributed by atoms with Gasteiger partial charge in [0.2, 0.25) is 0 Å². The van der Waals surface area contributed by atoms with Crippen molar-refractivity contribution >= 4 is 49.1 Å². The predicted octanol–water partition coefficient (Wildman–Crippen LogP) is 12.9. The van der Waals surface area contributed by atoms with Crippen LogP contribution in [0.5, 0.6) is 0 Å². The first kappa shape index (κ1) is 31.1. The van der Waals surface area contributed by atoms with E-state index < -0.39 is 0 Å². The molecule has 0 unspecified atom stereocenters. The summed E-state index contributed by atoms with van der Waals surface area (Å²) in [6.45, 7) is 6.09. The number of furan rings is 1. The van der Waals surface area contributed by atoms with Gasteiger partial charge in [0.1, 0.15) is 11.2 Å². The lowest BCUT2D eigenvalue weighted by Crippen LogP contribution is -2.03. The topological polar surface area (TPSA) is 51.8 Å². The number of fused-ring (bicyclic) bond motifs is 5. The molecule has 4 nitrogen and oxygen atoms in total. The molecule has 9 rings (SSSR count). The lowest BCUT2D eigenvalue weighted by atomic mass is 9.88. The van der Waals surface area contributed by atoms with E-state index in [2.05, 4.69) is 110 Å². The first-order valence-electron chi connectivity index (χ1n) is 17.4. The van der Waals surface area contributed by atoms with Crippen molar-refractivity contribution < 1.29 is 4.42 Å². The summed E-state index contributed by atoms with van der Waals surface area (Å²) in [5.41, 5.74) is 8.92. The summed E-state index contributed by atoms with van der Waals surface area (Å²) in [4.78, 5) is 15.3. The SMILES string of the molecule is C=C/C(=C\C=C/C)c1nc(-c2ccccc2)nc(-c2c(-c3ccc(-c4ccc5oc6ccccc6c5c4)c4ccccc34)ccc3ccccc23)n1. The molecule has 0 amide bonds. The average molecular weight is 668 g/mol. The fourth-order valence-corrected chi connectivity index (χ4v) is 7.18. The second-order valence-corrected chi connectivity index (χ2v) is 12.7. The number of nitrogens with zero attached hydrogens (tertiary/aromatic N) is 3. The van der Waals surface area contributed by atoms with Gasteiger partial charge < -0.3 is 4.42 Å². The molecule has 2 heterocycles. The highest BCUT2D eigenvalue weighted by Crippen LogP contribution is 2.43. The molecule has 0 N–H and O–H groups in total. The Balaban J connectivity index is 1.30. The van der Waals surface area contributed by atoms with Crippen LogP contribution in [0.15, 0.2) is 181 Å². The molecule has 246 valence electrons. The van der Waals surface area contributed by atoms with Gasteiger partial charge >= 0.3 is 0 Å². The predicted molar refractivity (Wildman–Crippen MR) is 217 cm³/mol. The van der Waals surface area contributed by atoms with Crippen LogP contribution in [0.3, 0.4) is 0 Å². The fourth-order valence-electron chi connectivity index (χ4n) is 7.18. The van der Waals surface area contributed by atoms with E-state index in [-0.39, 0.29) is 0 Å². The Hall–Kier alpha value is -6.91. The van der Waals surface area contributed by atoms with Gasteiger partial charge in [-0.05, 0) is 68.9 Å². The van der Waals surface area contributed by atoms with E-state index in [0.717, 1.165) is 82.4 Å². The Morgan fingerprint density at radius 2 is 1.19 bits per heavy atom. The van der Waals surface area contributed by atoms with E-state index in [1.54, 1.807) is 6.08 Å². The maximum atomic E-state index is 6.16. The van der Waals surface area contributed by atoms with Crippen LogP contribution in [-0.2, 0) is 0 Å². The summed E-state index contributed by atoms with van der Waals surface area (Å²) in [5, 5.41) is 6.72. The van der Waals surface area contributed by atoms with Gasteiger partial charge in [-0.3, -0.25) is 0 Å². The van der Waals surface area contributed by atoms with Gasteiger partial charge in [0, 0.05) is 27.5 Å². The normalized spacial score (nSPS) is 12.1. The largest absolute Gasteiger partial charge is 0.456 e. The quantitative estimate of drug-likeness (QED) is 0.159. The summed E-state index contributed by atoms with van der Waals surface area (Å²) >= 11 is 0. The zero-order chi connectivity index (χ0) is 35.0. The molecule has 0 atom stereocenters. The number of benzene rings is 7. The molecule has 7 aromatic carbocycles. The summed E-state index contributed by atoms with van der Waals surface area (Å²) in [5.74, 6) is 1.78. The minimum absolute atomic E-state index is 0.568. The maximum Gasteiger partial charge on any atom is 0.165 e. The van der Waals surface area contributed by atoms with Crippen molar-refractivity contribution in [1.29, 1.82) is 0 Å². The van der Waals surface area contributed by atoms with Crippen molar-refractivity contribution in [2.75, 3.05) is 0 Å². The van der Waals surface area contributed by atoms with Gasteiger partial charge in [-0.15, -0.1) is 0 Å². The molecular weight excluding hydrogens is 635 g/mol. The minimum Gasteiger partial charge on any atom is -0.456 e. The summed E-state index contributed by atoms with van der Waals surface area (Å²) in [7, 11) is 0. The number of hydrogen-bond donors (Lipinski definition) is 0. The van der Waals surface area contributed by atoms with E-state index in [9.17, 15) is 0 Å². The standard InChI is InChI=1S/C48H33N3O/c1-3-5-15-31(4-2)46-49-47(33-17-7-6-8-18-33)51-48(50-46)45-36-19-10-9-16-32(36)24-26-41(45)39-28-27-35(37-20-11-12-21-38(37)39)34-25-29-44-42(30-34)40-22-13-14-23-43(40)52-44/h3-30H,2H2,1H3/b5-3-,31-15+. The molecule has 0 fully saturated rings. The fraction of sp³-hybridized carbons (Fsp3) is 0.0208. The Labute approximate surface area is 301 Å². The Morgan fingerprint density at radius 3 is 2.00 bits per heavy atom. The first-order chi connectivity index (χ1) is 25.7. The number of aromatic nitrogens is 3. The lowest BCUT2D eigenvalue weighted by Gasteiger charge is -2.17. The maximum absolute atomic E-state index is 6.16. The van der Waals surface area contributed by atoms with E-state index in [1.165, 1.54) is 0 Å². The summed E-state index contributed by atoms with van der Waals surface area (Å²) in [6.07, 6.45) is 7.75. The van der Waals surface area contributed by atoms with Gasteiger partial charge in [0.05, 0.1) is 0 Å². The van der Waals surface area contributed by atoms with E-state index in [1.807, 2.05) is 67.6 Å². The highest BCUT2D eigenvalue weighted by atomic mass is 16.3. The van der Waals surface area contributed by atoms with Crippen molar-refractivity contribution in [3.8, 4) is 45.0 Å². The first-order valence-corrected chi connectivity index (χ1v) is 17.4. The molecule has 9 aromatic rings. The van der Waals surface area contributed by atoms with Crippen molar-refractivity contribution in [2.24, 2.45) is 0 Å². The molecule has 0 aliphatic carbocycles. The van der Waals surface area contributed by atoms with Gasteiger partial charge in [-0.2, -0.15) is 0 Å². The third-order valence-corrected chi connectivity index (χ3v) is 9.67. The van der Waals surface area contributed by atoms with Crippen LogP contribution >= 0.6 is 0 Å². The van der Waals surface area contributed by atoms with E-state index in [4.69, 9.17) is 19.4 Å². The van der Waals surface area contributed by atoms with Crippen LogP contribution < -0.4 is 0 Å². The van der Waals surface area contributed by atoms with Gasteiger partial charge in [-0.25, -0.2) is 15.0 Å². The molecule has 4 heteroatoms. The molecular formula is C48H33N3O. The summed E-state index contributed by atoms with van der Waals surface area (Å²) in [6, 6.07) is 50.8. The van der Waals surface area contributed by atoms with Crippen molar-refractivity contribution in [1.82, 2.24) is 15.0 Å². The van der Waals surface area contributed by atoms with Crippen LogP contribution in [-0.4, -0.2) is 15.0 Å². The van der Waals surface area contributed by atoms with Gasteiger partial charge in [0.25, 0.3) is 0 Å². The molecule has 0 spiro atoms. The molecule has 0 aliphatic rings. The Morgan fingerprint density at radius 1 is 0.538 bits per heavy atom. The van der Waals surface area contributed by atoms with Crippen LogP contribution in [0, 0.1) is 0 Å². The van der Waals surface area contributed by atoms with Crippen LogP contribution in [0.4, 0.5) is 0 Å². The number of para-hydroxylation sites is 1. The monoisotopic (exact) mass is 667 g/mol. The molecule has 0 radical (unpaired) electrons. The molecule has 52 heavy (non-hydrogen) atoms. The second kappa shape index (κ2) is 13.1. The van der Waals surface area contributed by atoms with Gasteiger partial charge in [0.15, 0.2) is 17.5 Å². The van der Waals surface area contributed by atoms with Crippen LogP contribution in [0.25, 0.3) is 94.1 Å². The number of rotatable bonds is 7. The van der Waals surface area contributed by atoms with Crippen molar-refractivity contribution in [3.05, 3.63) is 182 Å². The number of allylic oxidation sites excluding steroid dienone is 5. The van der Waals surface area contributed by atoms with Crippen LogP contribution in [0.2, 0.25) is 0 Å². The third-order valence-electron chi connectivity index (χ3n) is 9.67. The number of hydrogen-bond acceptors (Lipinski definition) is 4. The Kier molecular flexibility index (Phi) is 7.83. The zero-order valence-electron chi connectivity index (χ0n) is 28.6. The van der Waals surface area contributed by atoms with Crippen molar-refractivity contribution in [3.63, 3.8) is 0 Å². The average Bonchev–Trinajstić information content (AvgIpc) is 3.58. The van der Waals surface area contributed by atoms with Crippen LogP contribution in [0.1, 0.15) is 12.7 Å². The Bertz CT molecular complexity index is 2880. The molecule has 0 saturated carbocycles. The zero-order valence-corrected chi connectivity index (χ0v) is 28.6. The summed E-state index contributed by atoms with van der Waals surface area (Å²) < 4.78 is 6.16. The highest BCUT2D eigenvalue weighted by Gasteiger charge is 2.20. The lowest BCUT2D eigenvalue weighted by molar-refractivity contribution is 0.669.